The third-order valence-electron chi connectivity index (χ3n) is 4.15. The van der Waals surface area contributed by atoms with E-state index in [1.165, 1.54) is 0 Å². The van der Waals surface area contributed by atoms with Crippen LogP contribution in [-0.2, 0) is 6.42 Å². The van der Waals surface area contributed by atoms with Crippen LogP contribution >= 0.6 is 0 Å². The van der Waals surface area contributed by atoms with Gasteiger partial charge in [-0.05, 0) is 13.3 Å². The van der Waals surface area contributed by atoms with Gasteiger partial charge in [0.15, 0.2) is 0 Å². The SMILES string of the molecule is CCNc1ncnc(N2CCN3C(=O)NCC3C2)c1CC. The number of carbonyl (C=O) groups excluding carboxylic acids is 1. The maximum absolute atomic E-state index is 11.7. The van der Waals surface area contributed by atoms with Gasteiger partial charge in [0.1, 0.15) is 18.0 Å². The van der Waals surface area contributed by atoms with Crippen molar-refractivity contribution in [1.29, 1.82) is 0 Å². The second-order valence-corrected chi connectivity index (χ2v) is 5.39. The summed E-state index contributed by atoms with van der Waals surface area (Å²) >= 11 is 0. The first-order valence-corrected chi connectivity index (χ1v) is 7.61. The van der Waals surface area contributed by atoms with Crippen molar-refractivity contribution in [2.45, 2.75) is 26.3 Å². The van der Waals surface area contributed by atoms with Crippen molar-refractivity contribution in [1.82, 2.24) is 20.2 Å². The van der Waals surface area contributed by atoms with E-state index in [0.29, 0.717) is 0 Å². The van der Waals surface area contributed by atoms with Crippen molar-refractivity contribution >= 4 is 17.7 Å². The van der Waals surface area contributed by atoms with Gasteiger partial charge in [-0.1, -0.05) is 6.92 Å². The molecule has 0 saturated carbocycles. The molecule has 1 aromatic heterocycles. The molecule has 0 aliphatic carbocycles. The highest BCUT2D eigenvalue weighted by Crippen LogP contribution is 2.26. The van der Waals surface area contributed by atoms with Crippen molar-refractivity contribution in [2.75, 3.05) is 42.9 Å². The molecule has 114 valence electrons. The molecule has 3 rings (SSSR count). The Bertz CT molecular complexity index is 534. The Hall–Kier alpha value is -2.05. The molecule has 2 aliphatic rings. The Balaban J connectivity index is 1.84. The predicted octanol–water partition coefficient (Wildman–Crippen LogP) is 0.685. The lowest BCUT2D eigenvalue weighted by Crippen LogP contribution is -2.52. The van der Waals surface area contributed by atoms with E-state index in [9.17, 15) is 4.79 Å². The number of rotatable bonds is 4. The quantitative estimate of drug-likeness (QED) is 0.853. The lowest BCUT2D eigenvalue weighted by atomic mass is 10.1. The summed E-state index contributed by atoms with van der Waals surface area (Å²) in [6.07, 6.45) is 2.51. The summed E-state index contributed by atoms with van der Waals surface area (Å²) in [4.78, 5) is 24.7. The van der Waals surface area contributed by atoms with Crippen LogP contribution in [0, 0.1) is 0 Å². The maximum atomic E-state index is 11.7. The zero-order chi connectivity index (χ0) is 14.8. The number of carbonyl (C=O) groups is 1. The van der Waals surface area contributed by atoms with Gasteiger partial charge in [0.2, 0.25) is 0 Å². The molecule has 1 aromatic rings. The summed E-state index contributed by atoms with van der Waals surface area (Å²) in [7, 11) is 0. The molecular formula is C14H22N6O. The molecule has 2 amide bonds. The van der Waals surface area contributed by atoms with Crippen molar-refractivity contribution < 1.29 is 4.79 Å². The molecule has 0 bridgehead atoms. The van der Waals surface area contributed by atoms with Crippen LogP contribution in [0.5, 0.6) is 0 Å². The van der Waals surface area contributed by atoms with Crippen molar-refractivity contribution in [2.24, 2.45) is 0 Å². The molecular weight excluding hydrogens is 268 g/mol. The highest BCUT2D eigenvalue weighted by Gasteiger charge is 2.36. The summed E-state index contributed by atoms with van der Waals surface area (Å²) in [5, 5.41) is 6.21. The summed E-state index contributed by atoms with van der Waals surface area (Å²) in [6.45, 7) is 8.16. The van der Waals surface area contributed by atoms with E-state index in [-0.39, 0.29) is 12.1 Å². The number of piperazine rings is 1. The van der Waals surface area contributed by atoms with E-state index >= 15 is 0 Å². The fraction of sp³-hybridized carbons (Fsp3) is 0.643. The third-order valence-corrected chi connectivity index (χ3v) is 4.15. The largest absolute Gasteiger partial charge is 0.370 e. The number of hydrogen-bond acceptors (Lipinski definition) is 5. The number of anilines is 2. The van der Waals surface area contributed by atoms with E-state index in [1.807, 2.05) is 4.90 Å². The van der Waals surface area contributed by atoms with E-state index in [4.69, 9.17) is 0 Å². The molecule has 7 nitrogen and oxygen atoms in total. The smallest absolute Gasteiger partial charge is 0.317 e. The van der Waals surface area contributed by atoms with Crippen molar-refractivity contribution in [3.05, 3.63) is 11.9 Å². The maximum Gasteiger partial charge on any atom is 0.317 e. The van der Waals surface area contributed by atoms with Crippen LogP contribution < -0.4 is 15.5 Å². The Labute approximate surface area is 124 Å². The lowest BCUT2D eigenvalue weighted by molar-refractivity contribution is 0.197. The fourth-order valence-corrected chi connectivity index (χ4v) is 3.12. The third kappa shape index (κ3) is 2.48. The van der Waals surface area contributed by atoms with Gasteiger partial charge < -0.3 is 20.4 Å². The van der Waals surface area contributed by atoms with E-state index < -0.39 is 0 Å². The number of amides is 2. The second-order valence-electron chi connectivity index (χ2n) is 5.39. The van der Waals surface area contributed by atoms with Gasteiger partial charge in [0, 0.05) is 38.3 Å². The molecule has 2 aliphatic heterocycles. The highest BCUT2D eigenvalue weighted by atomic mass is 16.2. The molecule has 0 spiro atoms. The first-order chi connectivity index (χ1) is 10.2. The Morgan fingerprint density at radius 1 is 1.38 bits per heavy atom. The summed E-state index contributed by atoms with van der Waals surface area (Å²) in [5.74, 6) is 1.93. The van der Waals surface area contributed by atoms with Crippen LogP contribution in [0.25, 0.3) is 0 Å². The fourth-order valence-electron chi connectivity index (χ4n) is 3.12. The molecule has 2 N–H and O–H groups in total. The van der Waals surface area contributed by atoms with Gasteiger partial charge in [-0.15, -0.1) is 0 Å². The summed E-state index contributed by atoms with van der Waals surface area (Å²) < 4.78 is 0. The van der Waals surface area contributed by atoms with Gasteiger partial charge in [0.25, 0.3) is 0 Å². The molecule has 0 aromatic carbocycles. The zero-order valence-electron chi connectivity index (χ0n) is 12.6. The number of urea groups is 1. The molecule has 21 heavy (non-hydrogen) atoms. The minimum absolute atomic E-state index is 0.0615. The number of nitrogens with one attached hydrogen (secondary N) is 2. The number of fused-ring (bicyclic) bond motifs is 1. The van der Waals surface area contributed by atoms with Gasteiger partial charge >= 0.3 is 6.03 Å². The number of hydrogen-bond donors (Lipinski definition) is 2. The molecule has 1 atom stereocenters. The molecule has 1 unspecified atom stereocenters. The summed E-state index contributed by atoms with van der Waals surface area (Å²) in [5.41, 5.74) is 1.16. The van der Waals surface area contributed by atoms with Crippen LogP contribution in [0.2, 0.25) is 0 Å². The highest BCUT2D eigenvalue weighted by molar-refractivity contribution is 5.77. The minimum Gasteiger partial charge on any atom is -0.370 e. The van der Waals surface area contributed by atoms with Gasteiger partial charge in [-0.3, -0.25) is 0 Å². The van der Waals surface area contributed by atoms with Gasteiger partial charge in [-0.25, -0.2) is 14.8 Å². The lowest BCUT2D eigenvalue weighted by Gasteiger charge is -2.37. The molecule has 7 heteroatoms. The normalized spacial score (nSPS) is 21.2. The first kappa shape index (κ1) is 13.9. The average Bonchev–Trinajstić information content (AvgIpc) is 2.88. The Morgan fingerprint density at radius 3 is 3.00 bits per heavy atom. The molecule has 0 radical (unpaired) electrons. The van der Waals surface area contributed by atoms with Crippen LogP contribution in [0.15, 0.2) is 6.33 Å². The monoisotopic (exact) mass is 290 g/mol. The second kappa shape index (κ2) is 5.75. The van der Waals surface area contributed by atoms with E-state index in [0.717, 1.165) is 56.3 Å². The number of nitrogens with zero attached hydrogens (tertiary/aromatic N) is 4. The van der Waals surface area contributed by atoms with Crippen LogP contribution in [0.3, 0.4) is 0 Å². The van der Waals surface area contributed by atoms with E-state index in [1.54, 1.807) is 6.33 Å². The zero-order valence-corrected chi connectivity index (χ0v) is 12.6. The summed E-state index contributed by atoms with van der Waals surface area (Å²) in [6, 6.07) is 0.305. The van der Waals surface area contributed by atoms with Gasteiger partial charge in [0.05, 0.1) is 6.04 Å². The topological polar surface area (TPSA) is 73.4 Å². The Kier molecular flexibility index (Phi) is 3.81. The first-order valence-electron chi connectivity index (χ1n) is 7.61. The number of aromatic nitrogens is 2. The molecule has 3 heterocycles. The van der Waals surface area contributed by atoms with Crippen molar-refractivity contribution in [3.63, 3.8) is 0 Å². The van der Waals surface area contributed by atoms with Crippen molar-refractivity contribution in [3.8, 4) is 0 Å². The van der Waals surface area contributed by atoms with Crippen LogP contribution in [0.4, 0.5) is 16.4 Å². The molecule has 2 fully saturated rings. The average molecular weight is 290 g/mol. The van der Waals surface area contributed by atoms with Crippen LogP contribution in [0.1, 0.15) is 19.4 Å². The van der Waals surface area contributed by atoms with Crippen LogP contribution in [-0.4, -0.2) is 59.7 Å². The predicted molar refractivity (Wildman–Crippen MR) is 81.7 cm³/mol. The minimum atomic E-state index is 0.0615. The van der Waals surface area contributed by atoms with Gasteiger partial charge in [-0.2, -0.15) is 0 Å². The van der Waals surface area contributed by atoms with E-state index in [2.05, 4.69) is 39.3 Å². The molecule has 2 saturated heterocycles. The Morgan fingerprint density at radius 2 is 2.24 bits per heavy atom. The standard InChI is InChI=1S/C14H22N6O/c1-3-11-12(15-4-2)17-9-18-13(11)19-5-6-20-10(8-19)7-16-14(20)21/h9-10H,3-8H2,1-2H3,(H,16,21)(H,15,17,18).